The summed E-state index contributed by atoms with van der Waals surface area (Å²) < 4.78 is 0. The fraction of sp³-hybridized carbons (Fsp3) is 0.600. The molecule has 0 N–H and O–H groups in total. The average Bonchev–Trinajstić information content (AvgIpc) is 2.14. The zero-order chi connectivity index (χ0) is 12.1. The van der Waals surface area contributed by atoms with Gasteiger partial charge in [0.1, 0.15) is 0 Å². The Morgan fingerprint density at radius 2 is 1.62 bits per heavy atom. The summed E-state index contributed by atoms with van der Waals surface area (Å²) >= 11 is 3.64. The highest BCUT2D eigenvalue weighted by atomic mass is 79.9. The van der Waals surface area contributed by atoms with Gasteiger partial charge in [-0.15, -0.1) is 0 Å². The van der Waals surface area contributed by atoms with Crippen LogP contribution in [0.15, 0.2) is 18.2 Å². The molecule has 0 heterocycles. The Balaban J connectivity index is 2.69. The van der Waals surface area contributed by atoms with E-state index in [0.29, 0.717) is 0 Å². The minimum absolute atomic E-state index is 0.765. The van der Waals surface area contributed by atoms with Crippen molar-refractivity contribution >= 4 is 15.9 Å². The molecule has 0 saturated heterocycles. The summed E-state index contributed by atoms with van der Waals surface area (Å²) in [7, 11) is 0. The van der Waals surface area contributed by atoms with Crippen LogP contribution in [0.3, 0.4) is 0 Å². The number of rotatable bonds is 5. The number of halogens is 1. The summed E-state index contributed by atoms with van der Waals surface area (Å²) in [5.74, 6) is 1.55. The summed E-state index contributed by atoms with van der Waals surface area (Å²) in [4.78, 5) is 0. The van der Waals surface area contributed by atoms with Gasteiger partial charge in [-0.2, -0.15) is 0 Å². The molecule has 1 aromatic rings. The van der Waals surface area contributed by atoms with Gasteiger partial charge in [0.15, 0.2) is 0 Å². The molecule has 1 aromatic carbocycles. The van der Waals surface area contributed by atoms with Gasteiger partial charge in [-0.1, -0.05) is 59.1 Å². The Labute approximate surface area is 109 Å². The van der Waals surface area contributed by atoms with E-state index in [1.165, 1.54) is 29.5 Å². The van der Waals surface area contributed by atoms with Gasteiger partial charge in [0.2, 0.25) is 0 Å². The van der Waals surface area contributed by atoms with E-state index < -0.39 is 0 Å². The van der Waals surface area contributed by atoms with E-state index in [0.717, 1.165) is 17.2 Å². The maximum Gasteiger partial charge on any atom is 0.00629 e. The van der Waals surface area contributed by atoms with Gasteiger partial charge in [-0.3, -0.25) is 0 Å². The van der Waals surface area contributed by atoms with Crippen molar-refractivity contribution in [3.8, 4) is 0 Å². The molecule has 0 saturated carbocycles. The predicted octanol–water partition coefficient (Wildman–Crippen LogP) is 4.90. The Kier molecular flexibility index (Phi) is 5.54. The smallest absolute Gasteiger partial charge is 0.00629 e. The summed E-state index contributed by atoms with van der Waals surface area (Å²) in [5, 5.41) is 1.11. The van der Waals surface area contributed by atoms with Crippen LogP contribution in [0.25, 0.3) is 0 Å². The van der Waals surface area contributed by atoms with Crippen LogP contribution >= 0.6 is 15.9 Å². The lowest BCUT2D eigenvalue weighted by atomic mass is 9.91. The molecule has 16 heavy (non-hydrogen) atoms. The zero-order valence-corrected chi connectivity index (χ0v) is 12.5. The van der Waals surface area contributed by atoms with Gasteiger partial charge in [-0.25, -0.2) is 0 Å². The van der Waals surface area contributed by atoms with Crippen LogP contribution in [-0.4, -0.2) is 5.33 Å². The average molecular weight is 283 g/mol. The molecule has 1 heteroatoms. The van der Waals surface area contributed by atoms with Gasteiger partial charge < -0.3 is 0 Å². The first kappa shape index (κ1) is 13.8. The third-order valence-corrected chi connectivity index (χ3v) is 3.74. The van der Waals surface area contributed by atoms with Crippen LogP contribution in [0.4, 0.5) is 0 Å². The molecule has 90 valence electrons. The standard InChI is InChI=1S/C15H23Br/c1-11(2)5-15(10-16)9-14-7-12(3)6-13(4)8-14/h6-8,11,15H,5,9-10H2,1-4H3. The van der Waals surface area contributed by atoms with Crippen LogP contribution in [0.5, 0.6) is 0 Å². The SMILES string of the molecule is Cc1cc(C)cc(CC(CBr)CC(C)C)c1. The molecule has 0 aliphatic heterocycles. The number of aryl methyl sites for hydroxylation is 2. The molecule has 1 rings (SSSR count). The van der Waals surface area contributed by atoms with Gasteiger partial charge in [0.05, 0.1) is 0 Å². The fourth-order valence-corrected chi connectivity index (χ4v) is 2.88. The second-order valence-electron chi connectivity index (χ2n) is 5.35. The number of alkyl halides is 1. The maximum atomic E-state index is 3.64. The van der Waals surface area contributed by atoms with E-state index in [-0.39, 0.29) is 0 Å². The molecule has 0 radical (unpaired) electrons. The third kappa shape index (κ3) is 4.69. The Morgan fingerprint density at radius 1 is 1.06 bits per heavy atom. The first-order valence-corrected chi connectivity index (χ1v) is 7.26. The minimum atomic E-state index is 0.765. The van der Waals surface area contributed by atoms with Gasteiger partial charge in [0.25, 0.3) is 0 Å². The van der Waals surface area contributed by atoms with Crippen molar-refractivity contribution in [3.63, 3.8) is 0 Å². The molecule has 0 aliphatic carbocycles. The Hall–Kier alpha value is -0.300. The topological polar surface area (TPSA) is 0 Å². The predicted molar refractivity (Wildman–Crippen MR) is 76.4 cm³/mol. The van der Waals surface area contributed by atoms with Gasteiger partial charge in [-0.05, 0) is 44.1 Å². The molecule has 1 unspecified atom stereocenters. The first-order chi connectivity index (χ1) is 7.51. The Bertz CT molecular complexity index is 308. The largest absolute Gasteiger partial charge is 0.0925 e. The van der Waals surface area contributed by atoms with Crippen molar-refractivity contribution in [2.75, 3.05) is 5.33 Å². The molecule has 0 aromatic heterocycles. The molecular formula is C15H23Br. The van der Waals surface area contributed by atoms with Crippen molar-refractivity contribution in [3.05, 3.63) is 34.9 Å². The molecule has 0 amide bonds. The summed E-state index contributed by atoms with van der Waals surface area (Å²) in [6.45, 7) is 8.97. The summed E-state index contributed by atoms with van der Waals surface area (Å²) in [5.41, 5.74) is 4.25. The van der Waals surface area contributed by atoms with E-state index in [9.17, 15) is 0 Å². The number of hydrogen-bond acceptors (Lipinski definition) is 0. The fourth-order valence-electron chi connectivity index (χ4n) is 2.39. The van der Waals surface area contributed by atoms with Crippen molar-refractivity contribution in [1.29, 1.82) is 0 Å². The van der Waals surface area contributed by atoms with Crippen LogP contribution in [0.2, 0.25) is 0 Å². The minimum Gasteiger partial charge on any atom is -0.0925 e. The van der Waals surface area contributed by atoms with Crippen molar-refractivity contribution in [1.82, 2.24) is 0 Å². The van der Waals surface area contributed by atoms with E-state index in [1.807, 2.05) is 0 Å². The van der Waals surface area contributed by atoms with E-state index >= 15 is 0 Å². The zero-order valence-electron chi connectivity index (χ0n) is 10.9. The normalized spacial score (nSPS) is 13.1. The molecule has 1 atom stereocenters. The third-order valence-electron chi connectivity index (χ3n) is 2.83. The summed E-state index contributed by atoms with van der Waals surface area (Å²) in [6, 6.07) is 6.89. The molecule has 0 nitrogen and oxygen atoms in total. The van der Waals surface area contributed by atoms with Crippen LogP contribution in [0.1, 0.15) is 37.0 Å². The summed E-state index contributed by atoms with van der Waals surface area (Å²) in [6.07, 6.45) is 2.50. The van der Waals surface area contributed by atoms with Crippen molar-refractivity contribution < 1.29 is 0 Å². The Morgan fingerprint density at radius 3 is 2.06 bits per heavy atom. The second kappa shape index (κ2) is 6.44. The van der Waals surface area contributed by atoms with E-state index in [1.54, 1.807) is 0 Å². The van der Waals surface area contributed by atoms with Crippen molar-refractivity contribution in [2.24, 2.45) is 11.8 Å². The van der Waals surface area contributed by atoms with E-state index in [2.05, 4.69) is 61.8 Å². The van der Waals surface area contributed by atoms with Crippen molar-refractivity contribution in [2.45, 2.75) is 40.5 Å². The van der Waals surface area contributed by atoms with E-state index in [4.69, 9.17) is 0 Å². The molecule has 0 aliphatic rings. The van der Waals surface area contributed by atoms with Crippen LogP contribution in [-0.2, 0) is 6.42 Å². The monoisotopic (exact) mass is 282 g/mol. The van der Waals surface area contributed by atoms with Crippen LogP contribution in [0, 0.1) is 25.7 Å². The number of hydrogen-bond donors (Lipinski definition) is 0. The lowest BCUT2D eigenvalue weighted by Gasteiger charge is -2.17. The lowest BCUT2D eigenvalue weighted by molar-refractivity contribution is 0.445. The second-order valence-corrected chi connectivity index (χ2v) is 6.00. The highest BCUT2D eigenvalue weighted by Crippen LogP contribution is 2.20. The highest BCUT2D eigenvalue weighted by Gasteiger charge is 2.10. The van der Waals surface area contributed by atoms with Gasteiger partial charge in [0, 0.05) is 5.33 Å². The van der Waals surface area contributed by atoms with Crippen LogP contribution < -0.4 is 0 Å². The number of benzene rings is 1. The maximum absolute atomic E-state index is 3.64. The lowest BCUT2D eigenvalue weighted by Crippen LogP contribution is -2.09. The first-order valence-electron chi connectivity index (χ1n) is 6.14. The van der Waals surface area contributed by atoms with Gasteiger partial charge >= 0.3 is 0 Å². The molecule has 0 fully saturated rings. The molecular weight excluding hydrogens is 260 g/mol. The molecule has 0 bridgehead atoms. The quantitative estimate of drug-likeness (QED) is 0.674. The molecule has 0 spiro atoms. The highest BCUT2D eigenvalue weighted by molar-refractivity contribution is 9.09.